The van der Waals surface area contributed by atoms with E-state index in [4.69, 9.17) is 4.74 Å². The summed E-state index contributed by atoms with van der Waals surface area (Å²) in [7, 11) is 1.76. The van der Waals surface area contributed by atoms with Crippen LogP contribution in [0, 0.1) is 0 Å². The summed E-state index contributed by atoms with van der Waals surface area (Å²) in [5, 5.41) is 3.40. The second kappa shape index (κ2) is 8.58. The summed E-state index contributed by atoms with van der Waals surface area (Å²) >= 11 is 3.60. The first kappa shape index (κ1) is 19.3. The van der Waals surface area contributed by atoms with Gasteiger partial charge >= 0.3 is 0 Å². The average Bonchev–Trinajstić information content (AvgIpc) is 3.44. The maximum absolute atomic E-state index is 5.66. The van der Waals surface area contributed by atoms with E-state index in [-0.39, 0.29) is 0 Å². The molecule has 1 aliphatic heterocycles. The van der Waals surface area contributed by atoms with Crippen LogP contribution in [0.15, 0.2) is 83.3 Å². The molecule has 0 bridgehead atoms. The first-order chi connectivity index (χ1) is 14.8. The van der Waals surface area contributed by atoms with Gasteiger partial charge in [-0.05, 0) is 36.8 Å². The maximum Gasteiger partial charge on any atom is 0.193 e. The monoisotopic (exact) mass is 433 g/mol. The highest BCUT2D eigenvalue weighted by molar-refractivity contribution is 7.99. The van der Waals surface area contributed by atoms with E-state index in [1.54, 1.807) is 18.4 Å². The minimum Gasteiger partial charge on any atom is -0.496 e. The Bertz CT molecular complexity index is 1120. The van der Waals surface area contributed by atoms with Crippen molar-refractivity contribution in [3.05, 3.63) is 89.7 Å². The number of rotatable bonds is 5. The summed E-state index contributed by atoms with van der Waals surface area (Å²) in [4.78, 5) is 8.31. The summed E-state index contributed by atoms with van der Waals surface area (Å²) in [6.45, 7) is 1.83. The first-order valence-electron chi connectivity index (χ1n) is 10.0. The van der Waals surface area contributed by atoms with Crippen LogP contribution >= 0.6 is 23.1 Å². The summed E-state index contributed by atoms with van der Waals surface area (Å²) in [5.74, 6) is 0.971. The topological polar surface area (TPSA) is 30.3 Å². The van der Waals surface area contributed by atoms with Crippen LogP contribution in [0.2, 0.25) is 0 Å². The zero-order valence-corrected chi connectivity index (χ0v) is 18.4. The van der Waals surface area contributed by atoms with Crippen molar-refractivity contribution in [2.24, 2.45) is 0 Å². The van der Waals surface area contributed by atoms with Gasteiger partial charge in [-0.1, -0.05) is 30.3 Å². The summed E-state index contributed by atoms with van der Waals surface area (Å²) < 4.78 is 7.86. The Morgan fingerprint density at radius 3 is 2.80 bits per heavy atom. The molecule has 4 nitrogen and oxygen atoms in total. The highest BCUT2D eigenvalue weighted by Crippen LogP contribution is 2.47. The fourth-order valence-electron chi connectivity index (χ4n) is 4.00. The van der Waals surface area contributed by atoms with E-state index in [0.717, 1.165) is 30.4 Å². The molecule has 4 aromatic rings. The van der Waals surface area contributed by atoms with Crippen LogP contribution in [0.1, 0.15) is 22.9 Å². The molecular weight excluding hydrogens is 410 g/mol. The number of anilines is 1. The van der Waals surface area contributed by atoms with E-state index >= 15 is 0 Å². The van der Waals surface area contributed by atoms with E-state index in [1.165, 1.54) is 21.8 Å². The largest absolute Gasteiger partial charge is 0.496 e. The van der Waals surface area contributed by atoms with Gasteiger partial charge in [-0.3, -0.25) is 4.57 Å². The lowest BCUT2D eigenvalue weighted by Gasteiger charge is -2.25. The van der Waals surface area contributed by atoms with E-state index in [0.29, 0.717) is 5.25 Å². The van der Waals surface area contributed by atoms with Gasteiger partial charge in [0.25, 0.3) is 0 Å². The third-order valence-corrected chi connectivity index (χ3v) is 7.58. The molecule has 0 unspecified atom stereocenters. The van der Waals surface area contributed by atoms with Gasteiger partial charge in [0.2, 0.25) is 0 Å². The molecule has 0 aliphatic carbocycles. The molecule has 2 aromatic heterocycles. The SMILES string of the molecule is COc1ccccc1[C@H]1CCN(Cc2cccn2-c2nccs2)c2ccccc2S1. The van der Waals surface area contributed by atoms with Crippen LogP contribution in [-0.4, -0.2) is 23.2 Å². The van der Waals surface area contributed by atoms with E-state index < -0.39 is 0 Å². The third-order valence-electron chi connectivity index (χ3n) is 5.43. The number of ether oxygens (including phenoxy) is 1. The number of aromatic nitrogens is 2. The molecule has 0 saturated carbocycles. The van der Waals surface area contributed by atoms with Crippen LogP contribution < -0.4 is 9.64 Å². The van der Waals surface area contributed by atoms with Crippen LogP contribution in [0.3, 0.4) is 0 Å². The molecule has 152 valence electrons. The normalized spacial score (nSPS) is 16.2. The number of para-hydroxylation sites is 2. The third kappa shape index (κ3) is 3.73. The van der Waals surface area contributed by atoms with Crippen molar-refractivity contribution in [3.63, 3.8) is 0 Å². The van der Waals surface area contributed by atoms with Crippen molar-refractivity contribution < 1.29 is 4.74 Å². The number of hydrogen-bond acceptors (Lipinski definition) is 5. The Labute approximate surface area is 185 Å². The van der Waals surface area contributed by atoms with Crippen molar-refractivity contribution in [2.75, 3.05) is 18.6 Å². The number of fused-ring (bicyclic) bond motifs is 1. The number of methoxy groups -OCH3 is 1. The highest BCUT2D eigenvalue weighted by Gasteiger charge is 2.25. The quantitative estimate of drug-likeness (QED) is 0.376. The molecule has 1 aliphatic rings. The van der Waals surface area contributed by atoms with Crippen molar-refractivity contribution in [1.29, 1.82) is 0 Å². The van der Waals surface area contributed by atoms with Gasteiger partial charge in [0.15, 0.2) is 5.13 Å². The zero-order valence-electron chi connectivity index (χ0n) is 16.8. The Kier molecular flexibility index (Phi) is 5.51. The van der Waals surface area contributed by atoms with E-state index in [9.17, 15) is 0 Å². The Hall–Kier alpha value is -2.70. The summed E-state index contributed by atoms with van der Waals surface area (Å²) in [5.41, 5.74) is 3.82. The van der Waals surface area contributed by atoms with Gasteiger partial charge < -0.3 is 9.64 Å². The maximum atomic E-state index is 5.66. The van der Waals surface area contributed by atoms with Crippen molar-refractivity contribution in [3.8, 4) is 10.9 Å². The highest BCUT2D eigenvalue weighted by atomic mass is 32.2. The van der Waals surface area contributed by atoms with Gasteiger partial charge in [0, 0.05) is 45.7 Å². The lowest BCUT2D eigenvalue weighted by Crippen LogP contribution is -2.25. The smallest absolute Gasteiger partial charge is 0.193 e. The minimum atomic E-state index is 0.359. The van der Waals surface area contributed by atoms with Crippen LogP contribution in [-0.2, 0) is 6.54 Å². The van der Waals surface area contributed by atoms with Crippen LogP contribution in [0.25, 0.3) is 5.13 Å². The molecule has 0 radical (unpaired) electrons. The Morgan fingerprint density at radius 2 is 1.93 bits per heavy atom. The van der Waals surface area contributed by atoms with Gasteiger partial charge in [0.1, 0.15) is 5.75 Å². The second-order valence-corrected chi connectivity index (χ2v) is 9.33. The number of nitrogens with zero attached hydrogens (tertiary/aromatic N) is 3. The average molecular weight is 434 g/mol. The number of benzene rings is 2. The van der Waals surface area contributed by atoms with E-state index in [2.05, 4.69) is 75.2 Å². The van der Waals surface area contributed by atoms with Crippen molar-refractivity contribution in [1.82, 2.24) is 9.55 Å². The molecule has 3 heterocycles. The van der Waals surface area contributed by atoms with Gasteiger partial charge in [0.05, 0.1) is 19.3 Å². The Morgan fingerprint density at radius 1 is 1.07 bits per heavy atom. The van der Waals surface area contributed by atoms with Gasteiger partial charge in [-0.15, -0.1) is 23.1 Å². The number of thiazole rings is 1. The lowest BCUT2D eigenvalue weighted by molar-refractivity contribution is 0.409. The van der Waals surface area contributed by atoms with Crippen LogP contribution in [0.4, 0.5) is 5.69 Å². The molecule has 6 heteroatoms. The van der Waals surface area contributed by atoms with Crippen LogP contribution in [0.5, 0.6) is 5.75 Å². The second-order valence-electron chi connectivity index (χ2n) is 7.21. The summed E-state index contributed by atoms with van der Waals surface area (Å²) in [6.07, 6.45) is 5.02. The molecule has 0 amide bonds. The van der Waals surface area contributed by atoms with Crippen molar-refractivity contribution in [2.45, 2.75) is 23.1 Å². The lowest BCUT2D eigenvalue weighted by atomic mass is 10.1. The van der Waals surface area contributed by atoms with Crippen molar-refractivity contribution >= 4 is 28.8 Å². The Balaban J connectivity index is 1.46. The number of thioether (sulfide) groups is 1. The summed E-state index contributed by atoms with van der Waals surface area (Å²) in [6, 6.07) is 21.4. The van der Waals surface area contributed by atoms with E-state index in [1.807, 2.05) is 29.4 Å². The zero-order chi connectivity index (χ0) is 20.3. The van der Waals surface area contributed by atoms with Gasteiger partial charge in [-0.25, -0.2) is 4.98 Å². The molecule has 0 fully saturated rings. The number of hydrogen-bond donors (Lipinski definition) is 0. The molecule has 0 spiro atoms. The fourth-order valence-corrected chi connectivity index (χ4v) is 5.98. The molecule has 5 rings (SSSR count). The van der Waals surface area contributed by atoms with Gasteiger partial charge in [-0.2, -0.15) is 0 Å². The molecule has 2 aromatic carbocycles. The predicted molar refractivity (Wildman–Crippen MR) is 125 cm³/mol. The first-order valence-corrected chi connectivity index (χ1v) is 11.8. The standard InChI is InChI=1S/C24H23N3OS2/c1-28-21-10-4-2-8-19(21)22-12-15-26(20-9-3-5-11-23(20)30-22)17-18-7-6-14-27(18)24-25-13-16-29-24/h2-11,13-14,16,22H,12,15,17H2,1H3/t22-/m1/s1. The fraction of sp³-hybridized carbons (Fsp3) is 0.208. The molecule has 0 saturated heterocycles. The predicted octanol–water partition coefficient (Wildman–Crippen LogP) is 6.19. The molecule has 0 N–H and O–H groups in total. The molecular formula is C24H23N3OS2. The molecule has 1 atom stereocenters. The molecule has 30 heavy (non-hydrogen) atoms. The minimum absolute atomic E-state index is 0.359.